The molecule has 1 aliphatic rings. The number of thioether (sulfide) groups is 1. The molecule has 0 aromatic heterocycles. The molecule has 142 valence electrons. The maximum absolute atomic E-state index is 12.9. The molecule has 28 heavy (non-hydrogen) atoms. The first-order valence-electron chi connectivity index (χ1n) is 7.92. The van der Waals surface area contributed by atoms with E-state index in [4.69, 9.17) is 28.1 Å². The predicted octanol–water partition coefficient (Wildman–Crippen LogP) is 5.64. The highest BCUT2D eigenvalue weighted by Crippen LogP contribution is 2.40. The second-order valence-corrected chi connectivity index (χ2v) is 8.97. The van der Waals surface area contributed by atoms with Crippen LogP contribution in [0.4, 0.5) is 5.69 Å². The monoisotopic (exact) mass is 537 g/mol. The number of amides is 1. The van der Waals surface area contributed by atoms with Gasteiger partial charge in [-0.2, -0.15) is 0 Å². The minimum atomic E-state index is -0.171. The first kappa shape index (κ1) is 20.9. The number of thiocarbonyl (C=S) groups is 1. The van der Waals surface area contributed by atoms with E-state index in [1.54, 1.807) is 19.3 Å². The van der Waals surface area contributed by atoms with Gasteiger partial charge in [-0.1, -0.05) is 51.9 Å². The van der Waals surface area contributed by atoms with Crippen molar-refractivity contribution >= 4 is 77.8 Å². The molecular weight excluding hydrogens is 526 g/mol. The molecule has 0 radical (unpaired) electrons. The summed E-state index contributed by atoms with van der Waals surface area (Å²) >= 11 is 13.6. The van der Waals surface area contributed by atoms with Crippen LogP contribution in [0.1, 0.15) is 5.56 Å². The molecule has 2 aromatic carbocycles. The number of ether oxygens (including phenoxy) is 2. The van der Waals surface area contributed by atoms with Crippen LogP contribution in [0.5, 0.6) is 11.5 Å². The Morgan fingerprint density at radius 3 is 2.79 bits per heavy atom. The molecule has 1 heterocycles. The van der Waals surface area contributed by atoms with E-state index in [0.717, 1.165) is 15.7 Å². The lowest BCUT2D eigenvalue weighted by Gasteiger charge is -2.14. The quantitative estimate of drug-likeness (QED) is 0.280. The molecule has 0 bridgehead atoms. The van der Waals surface area contributed by atoms with Crippen molar-refractivity contribution in [1.29, 1.82) is 0 Å². The summed E-state index contributed by atoms with van der Waals surface area (Å²) in [7, 11) is 1.54. The van der Waals surface area contributed by atoms with Gasteiger partial charge in [-0.05, 0) is 57.9 Å². The lowest BCUT2D eigenvalue weighted by molar-refractivity contribution is -0.113. The number of carbonyl (C=O) groups excluding carboxylic acids is 1. The Hall–Kier alpha value is -1.79. The third kappa shape index (κ3) is 4.44. The van der Waals surface area contributed by atoms with Crippen molar-refractivity contribution in [2.75, 3.05) is 18.6 Å². The first-order chi connectivity index (χ1) is 13.4. The van der Waals surface area contributed by atoms with Crippen molar-refractivity contribution in [1.82, 2.24) is 0 Å². The molecule has 0 saturated carbocycles. The number of carbonyl (C=O) groups is 1. The lowest BCUT2D eigenvalue weighted by atomic mass is 10.1. The zero-order valence-corrected chi connectivity index (χ0v) is 19.4. The Bertz CT molecular complexity index is 1030. The molecular formula is C20H13Br2NO3S2. The molecule has 0 unspecified atom stereocenters. The highest BCUT2D eigenvalue weighted by atomic mass is 79.9. The summed E-state index contributed by atoms with van der Waals surface area (Å²) < 4.78 is 12.9. The summed E-state index contributed by atoms with van der Waals surface area (Å²) in [5, 5.41) is 0. The van der Waals surface area contributed by atoms with Crippen LogP contribution >= 0.6 is 55.8 Å². The van der Waals surface area contributed by atoms with Gasteiger partial charge in [-0.3, -0.25) is 9.69 Å². The van der Waals surface area contributed by atoms with Gasteiger partial charge in [0.2, 0.25) is 0 Å². The summed E-state index contributed by atoms with van der Waals surface area (Å²) in [5.41, 5.74) is 1.49. The second-order valence-electron chi connectivity index (χ2n) is 5.52. The van der Waals surface area contributed by atoms with Crippen molar-refractivity contribution in [3.8, 4) is 23.8 Å². The number of hydrogen-bond donors (Lipinski definition) is 0. The lowest BCUT2D eigenvalue weighted by Crippen LogP contribution is -2.27. The van der Waals surface area contributed by atoms with Crippen molar-refractivity contribution in [2.24, 2.45) is 0 Å². The smallest absolute Gasteiger partial charge is 0.270 e. The third-order valence-corrected chi connectivity index (χ3v) is 6.09. The van der Waals surface area contributed by atoms with Gasteiger partial charge >= 0.3 is 0 Å². The maximum Gasteiger partial charge on any atom is 0.270 e. The van der Waals surface area contributed by atoms with Gasteiger partial charge in [0.05, 0.1) is 22.2 Å². The van der Waals surface area contributed by atoms with Crippen LogP contribution in [0, 0.1) is 12.3 Å². The average Bonchev–Trinajstić information content (AvgIpc) is 2.93. The minimum absolute atomic E-state index is 0.125. The summed E-state index contributed by atoms with van der Waals surface area (Å²) in [5.74, 6) is 3.28. The number of anilines is 1. The van der Waals surface area contributed by atoms with Gasteiger partial charge in [0.15, 0.2) is 15.8 Å². The Morgan fingerprint density at radius 2 is 2.11 bits per heavy atom. The van der Waals surface area contributed by atoms with E-state index in [-0.39, 0.29) is 12.5 Å². The Morgan fingerprint density at radius 1 is 1.32 bits per heavy atom. The molecule has 1 saturated heterocycles. The third-order valence-electron chi connectivity index (χ3n) is 3.71. The molecule has 0 atom stereocenters. The summed E-state index contributed by atoms with van der Waals surface area (Å²) in [6.07, 6.45) is 7.03. The van der Waals surface area contributed by atoms with Crippen LogP contribution in [0.2, 0.25) is 0 Å². The second kappa shape index (κ2) is 9.14. The van der Waals surface area contributed by atoms with Crippen molar-refractivity contribution in [3.05, 3.63) is 55.8 Å². The number of terminal acetylenes is 1. The highest BCUT2D eigenvalue weighted by molar-refractivity contribution is 9.10. The number of halogens is 2. The van der Waals surface area contributed by atoms with Crippen LogP contribution < -0.4 is 14.4 Å². The predicted molar refractivity (Wildman–Crippen MR) is 125 cm³/mol. The topological polar surface area (TPSA) is 38.8 Å². The number of hydrogen-bond acceptors (Lipinski definition) is 5. The van der Waals surface area contributed by atoms with E-state index in [1.165, 1.54) is 16.7 Å². The van der Waals surface area contributed by atoms with Gasteiger partial charge in [0.25, 0.3) is 5.91 Å². The van der Waals surface area contributed by atoms with Gasteiger partial charge in [-0.25, -0.2) is 0 Å². The Kier molecular flexibility index (Phi) is 6.83. The van der Waals surface area contributed by atoms with Crippen LogP contribution in [0.25, 0.3) is 6.08 Å². The summed E-state index contributed by atoms with van der Waals surface area (Å²) in [4.78, 5) is 15.0. The summed E-state index contributed by atoms with van der Waals surface area (Å²) in [6.45, 7) is 0.125. The molecule has 0 aliphatic carbocycles. The molecule has 1 amide bonds. The van der Waals surface area contributed by atoms with Gasteiger partial charge in [-0.15, -0.1) is 6.42 Å². The summed E-state index contributed by atoms with van der Waals surface area (Å²) in [6, 6.07) is 11.1. The normalized spacial score (nSPS) is 15.1. The fourth-order valence-corrected chi connectivity index (χ4v) is 4.79. The molecule has 8 heteroatoms. The Balaban J connectivity index is 1.94. The van der Waals surface area contributed by atoms with Crippen LogP contribution in [-0.2, 0) is 4.79 Å². The number of rotatable bonds is 5. The van der Waals surface area contributed by atoms with Crippen molar-refractivity contribution < 1.29 is 14.3 Å². The standard InChI is InChI=1S/C20H13Br2NO3S2/c1-3-7-26-18-15(22)8-12(9-16(18)25-2)10-17-19(24)23(20(27)28-17)14-6-4-5-13(21)11-14/h1,4-6,8-11H,7H2,2H3/b17-10-. The van der Waals surface area contributed by atoms with Crippen LogP contribution in [0.15, 0.2) is 50.2 Å². The molecule has 1 aliphatic heterocycles. The van der Waals surface area contributed by atoms with Gasteiger partial charge in [0.1, 0.15) is 6.61 Å². The van der Waals surface area contributed by atoms with E-state index < -0.39 is 0 Å². The van der Waals surface area contributed by atoms with E-state index in [0.29, 0.717) is 25.2 Å². The molecule has 2 aromatic rings. The van der Waals surface area contributed by atoms with Crippen molar-refractivity contribution in [2.45, 2.75) is 0 Å². The zero-order chi connectivity index (χ0) is 20.3. The van der Waals surface area contributed by atoms with E-state index >= 15 is 0 Å². The highest BCUT2D eigenvalue weighted by Gasteiger charge is 2.33. The van der Waals surface area contributed by atoms with E-state index in [2.05, 4.69) is 37.8 Å². The van der Waals surface area contributed by atoms with E-state index in [1.807, 2.05) is 30.3 Å². The molecule has 0 spiro atoms. The first-order valence-corrected chi connectivity index (χ1v) is 10.7. The van der Waals surface area contributed by atoms with Gasteiger partial charge < -0.3 is 9.47 Å². The molecule has 1 fully saturated rings. The maximum atomic E-state index is 12.9. The SMILES string of the molecule is C#CCOc1c(Br)cc(/C=C2\SC(=S)N(c3cccc(Br)c3)C2=O)cc1OC. The Labute approximate surface area is 189 Å². The number of methoxy groups -OCH3 is 1. The van der Waals surface area contributed by atoms with E-state index in [9.17, 15) is 4.79 Å². The number of nitrogens with zero attached hydrogens (tertiary/aromatic N) is 1. The molecule has 3 rings (SSSR count). The van der Waals surface area contributed by atoms with Crippen molar-refractivity contribution in [3.63, 3.8) is 0 Å². The number of benzene rings is 2. The van der Waals surface area contributed by atoms with Crippen LogP contribution in [0.3, 0.4) is 0 Å². The average molecular weight is 539 g/mol. The minimum Gasteiger partial charge on any atom is -0.493 e. The zero-order valence-electron chi connectivity index (χ0n) is 14.6. The fraction of sp³-hybridized carbons (Fsp3) is 0.100. The largest absolute Gasteiger partial charge is 0.493 e. The van der Waals surface area contributed by atoms with Crippen LogP contribution in [-0.4, -0.2) is 23.9 Å². The van der Waals surface area contributed by atoms with Gasteiger partial charge in [0, 0.05) is 4.47 Å². The molecule has 0 N–H and O–H groups in total. The fourth-order valence-electron chi connectivity index (χ4n) is 2.53. The molecule has 4 nitrogen and oxygen atoms in total.